The van der Waals surface area contributed by atoms with Crippen molar-refractivity contribution in [3.05, 3.63) is 36.0 Å². The van der Waals surface area contributed by atoms with Gasteiger partial charge < -0.3 is 10.2 Å². The number of pyridine rings is 1. The maximum Gasteiger partial charge on any atom is 0.260 e. The highest BCUT2D eigenvalue weighted by Crippen LogP contribution is 2.26. The van der Waals surface area contributed by atoms with Gasteiger partial charge in [0.1, 0.15) is 6.26 Å². The Morgan fingerprint density at radius 3 is 2.82 bits per heavy atom. The second-order valence-corrected chi connectivity index (χ2v) is 4.82. The molecule has 2 N–H and O–H groups in total. The molecule has 5 heteroatoms. The smallest absolute Gasteiger partial charge is 0.260 e. The molecule has 0 amide bonds. The van der Waals surface area contributed by atoms with Crippen LogP contribution in [0.4, 0.5) is 0 Å². The lowest BCUT2D eigenvalue weighted by molar-refractivity contribution is 0.454. The van der Waals surface area contributed by atoms with Crippen LogP contribution >= 0.6 is 11.8 Å². The van der Waals surface area contributed by atoms with Crippen molar-refractivity contribution in [1.82, 2.24) is 9.97 Å². The minimum atomic E-state index is 0.0121. The third-order valence-corrected chi connectivity index (χ3v) is 3.22. The van der Waals surface area contributed by atoms with Gasteiger partial charge in [0.2, 0.25) is 0 Å². The highest BCUT2D eigenvalue weighted by molar-refractivity contribution is 7.99. The lowest BCUT2D eigenvalue weighted by atomic mass is 10.1. The van der Waals surface area contributed by atoms with Crippen molar-refractivity contribution in [3.8, 4) is 0 Å². The summed E-state index contributed by atoms with van der Waals surface area (Å²) in [6.07, 6.45) is 4.32. The summed E-state index contributed by atoms with van der Waals surface area (Å²) < 4.78 is 5.27. The number of hydrogen-bond donors (Lipinski definition) is 1. The van der Waals surface area contributed by atoms with Crippen molar-refractivity contribution in [2.24, 2.45) is 5.73 Å². The second kappa shape index (κ2) is 5.33. The maximum atomic E-state index is 5.90. The zero-order valence-electron chi connectivity index (χ0n) is 9.88. The minimum absolute atomic E-state index is 0.0121. The van der Waals surface area contributed by atoms with Crippen molar-refractivity contribution in [2.45, 2.75) is 36.4 Å². The molecule has 2 rings (SSSR count). The topological polar surface area (TPSA) is 64.9 Å². The van der Waals surface area contributed by atoms with Crippen molar-refractivity contribution in [1.29, 1.82) is 0 Å². The predicted octanol–water partition coefficient (Wildman–Crippen LogP) is 2.94. The van der Waals surface area contributed by atoms with Crippen LogP contribution in [0.5, 0.6) is 0 Å². The summed E-state index contributed by atoms with van der Waals surface area (Å²) in [6, 6.07) is 3.95. The number of aromatic nitrogens is 2. The van der Waals surface area contributed by atoms with Gasteiger partial charge in [-0.2, -0.15) is 0 Å². The molecule has 17 heavy (non-hydrogen) atoms. The van der Waals surface area contributed by atoms with Crippen molar-refractivity contribution >= 4 is 11.8 Å². The molecular formula is C12H15N3OS. The van der Waals surface area contributed by atoms with Crippen molar-refractivity contribution in [3.63, 3.8) is 0 Å². The molecule has 0 aliphatic rings. The van der Waals surface area contributed by atoms with Gasteiger partial charge in [0, 0.05) is 17.1 Å². The summed E-state index contributed by atoms with van der Waals surface area (Å²) >= 11 is 1.46. The van der Waals surface area contributed by atoms with Crippen LogP contribution in [0.1, 0.15) is 30.8 Å². The fourth-order valence-electron chi connectivity index (χ4n) is 1.36. The molecule has 0 bridgehead atoms. The summed E-state index contributed by atoms with van der Waals surface area (Å²) in [5.41, 5.74) is 7.70. The highest BCUT2D eigenvalue weighted by atomic mass is 32.2. The predicted molar refractivity (Wildman–Crippen MR) is 66.8 cm³/mol. The average molecular weight is 249 g/mol. The lowest BCUT2D eigenvalue weighted by Crippen LogP contribution is -2.10. The molecule has 0 fully saturated rings. The number of aryl methyl sites for hydroxylation is 1. The molecule has 0 saturated carbocycles. The van der Waals surface area contributed by atoms with Crippen LogP contribution in [-0.2, 0) is 0 Å². The summed E-state index contributed by atoms with van der Waals surface area (Å²) in [6.45, 7) is 3.94. The molecule has 0 aromatic carbocycles. The van der Waals surface area contributed by atoms with Crippen LogP contribution in [0.2, 0.25) is 0 Å². The molecule has 90 valence electrons. The van der Waals surface area contributed by atoms with E-state index in [1.54, 1.807) is 12.5 Å². The highest BCUT2D eigenvalue weighted by Gasteiger charge is 2.07. The normalized spacial score (nSPS) is 12.6. The number of nitrogens with two attached hydrogens (primary N) is 1. The fourth-order valence-corrected chi connectivity index (χ4v) is 2.09. The molecule has 2 aromatic heterocycles. The first-order valence-electron chi connectivity index (χ1n) is 5.50. The number of oxazole rings is 1. The van der Waals surface area contributed by atoms with Gasteiger partial charge in [-0.05, 0) is 37.2 Å². The number of rotatable bonds is 4. The molecule has 1 unspecified atom stereocenters. The standard InChI is InChI=1S/C12H15N3OS/c1-3-10(13)11-5-4-9(6-14-11)17-12-15-8(2)7-16-12/h4-7,10H,3,13H2,1-2H3. The molecule has 0 saturated heterocycles. The maximum absolute atomic E-state index is 5.90. The summed E-state index contributed by atoms with van der Waals surface area (Å²) in [5, 5.41) is 0.636. The van der Waals surface area contributed by atoms with Crippen LogP contribution in [0.25, 0.3) is 0 Å². The summed E-state index contributed by atoms with van der Waals surface area (Å²) in [4.78, 5) is 9.56. The Labute approximate surface area is 105 Å². The van der Waals surface area contributed by atoms with Crippen LogP contribution in [0.15, 0.2) is 39.1 Å². The Morgan fingerprint density at radius 1 is 1.47 bits per heavy atom. The van der Waals surface area contributed by atoms with Gasteiger partial charge in [0.25, 0.3) is 5.22 Å². The first-order valence-corrected chi connectivity index (χ1v) is 6.32. The van der Waals surface area contributed by atoms with Gasteiger partial charge in [-0.3, -0.25) is 4.98 Å². The van der Waals surface area contributed by atoms with Crippen LogP contribution < -0.4 is 5.73 Å². The Balaban J connectivity index is 2.08. The van der Waals surface area contributed by atoms with Gasteiger partial charge in [-0.25, -0.2) is 4.98 Å². The summed E-state index contributed by atoms with van der Waals surface area (Å²) in [5.74, 6) is 0. The zero-order chi connectivity index (χ0) is 12.3. The first kappa shape index (κ1) is 12.1. The van der Waals surface area contributed by atoms with E-state index in [2.05, 4.69) is 9.97 Å². The molecule has 2 aromatic rings. The minimum Gasteiger partial charge on any atom is -0.439 e. The largest absolute Gasteiger partial charge is 0.439 e. The average Bonchev–Trinajstić information content (AvgIpc) is 2.75. The molecule has 4 nitrogen and oxygen atoms in total. The molecule has 1 atom stereocenters. The summed E-state index contributed by atoms with van der Waals surface area (Å²) in [7, 11) is 0. The van der Waals surface area contributed by atoms with E-state index < -0.39 is 0 Å². The van der Waals surface area contributed by atoms with E-state index in [-0.39, 0.29) is 6.04 Å². The Morgan fingerprint density at radius 2 is 2.29 bits per heavy atom. The Hall–Kier alpha value is -1.33. The SMILES string of the molecule is CCC(N)c1ccc(Sc2nc(C)co2)cn1. The van der Waals surface area contributed by atoms with E-state index in [4.69, 9.17) is 10.2 Å². The van der Waals surface area contributed by atoms with Gasteiger partial charge in [-0.15, -0.1) is 0 Å². The van der Waals surface area contributed by atoms with E-state index in [0.29, 0.717) is 5.22 Å². The van der Waals surface area contributed by atoms with Gasteiger partial charge in [0.05, 0.1) is 11.4 Å². The van der Waals surface area contributed by atoms with E-state index in [0.717, 1.165) is 22.7 Å². The Bertz CT molecular complexity index is 481. The number of hydrogen-bond acceptors (Lipinski definition) is 5. The monoisotopic (exact) mass is 249 g/mol. The lowest BCUT2D eigenvalue weighted by Gasteiger charge is -2.07. The molecule has 0 aliphatic heterocycles. The van der Waals surface area contributed by atoms with Gasteiger partial charge >= 0.3 is 0 Å². The van der Waals surface area contributed by atoms with E-state index >= 15 is 0 Å². The molecule has 2 heterocycles. The van der Waals surface area contributed by atoms with Crippen LogP contribution in [-0.4, -0.2) is 9.97 Å². The second-order valence-electron chi connectivity index (χ2n) is 3.79. The third kappa shape index (κ3) is 3.08. The Kier molecular flexibility index (Phi) is 3.81. The molecule has 0 spiro atoms. The quantitative estimate of drug-likeness (QED) is 0.902. The fraction of sp³-hybridized carbons (Fsp3) is 0.333. The van der Waals surface area contributed by atoms with Crippen molar-refractivity contribution < 1.29 is 4.42 Å². The molecule has 0 radical (unpaired) electrons. The van der Waals surface area contributed by atoms with E-state index in [1.165, 1.54) is 11.8 Å². The van der Waals surface area contributed by atoms with Gasteiger partial charge in [-0.1, -0.05) is 6.92 Å². The zero-order valence-corrected chi connectivity index (χ0v) is 10.7. The van der Waals surface area contributed by atoms with E-state index in [9.17, 15) is 0 Å². The molecule has 0 aliphatic carbocycles. The van der Waals surface area contributed by atoms with Crippen molar-refractivity contribution in [2.75, 3.05) is 0 Å². The molecular weight excluding hydrogens is 234 g/mol. The van der Waals surface area contributed by atoms with E-state index in [1.807, 2.05) is 26.0 Å². The van der Waals surface area contributed by atoms with Crippen LogP contribution in [0.3, 0.4) is 0 Å². The number of nitrogens with zero attached hydrogens (tertiary/aromatic N) is 2. The third-order valence-electron chi connectivity index (χ3n) is 2.38. The van der Waals surface area contributed by atoms with Crippen LogP contribution in [0, 0.1) is 6.92 Å². The van der Waals surface area contributed by atoms with Gasteiger partial charge in [0.15, 0.2) is 0 Å². The first-order chi connectivity index (χ1) is 8.19.